The number of aliphatic hydroxyl groups excluding tert-OH is 1. The third-order valence-corrected chi connectivity index (χ3v) is 5.76. The smallest absolute Gasteiger partial charge is 0.271 e. The van der Waals surface area contributed by atoms with Crippen molar-refractivity contribution in [3.63, 3.8) is 0 Å². The molecule has 0 spiro atoms. The highest BCUT2D eigenvalue weighted by Gasteiger charge is 2.19. The molecule has 0 saturated heterocycles. The van der Waals surface area contributed by atoms with Gasteiger partial charge in [0.15, 0.2) is 0 Å². The van der Waals surface area contributed by atoms with Crippen LogP contribution in [0.25, 0.3) is 16.9 Å². The zero-order valence-corrected chi connectivity index (χ0v) is 17.8. The number of fused-ring (bicyclic) bond motifs is 2. The van der Waals surface area contributed by atoms with E-state index >= 15 is 0 Å². The molecule has 0 aliphatic carbocycles. The van der Waals surface area contributed by atoms with Gasteiger partial charge in [0, 0.05) is 51.2 Å². The normalized spacial score (nSPS) is 14.9. The molecule has 1 aromatic carbocycles. The highest BCUT2D eigenvalue weighted by molar-refractivity contribution is 5.92. The van der Waals surface area contributed by atoms with Gasteiger partial charge in [-0.25, -0.2) is 4.98 Å². The SMILES string of the molecule is Cn1cc(-c2ccc3nc(C(=O)NCC(O)CN4CCc5ccccc5C4)cn3c2)nn1. The molecule has 1 unspecified atom stereocenters. The Morgan fingerprint density at radius 2 is 2.00 bits per heavy atom. The number of β-amino-alcohol motifs (C(OH)–C–C–N with tert-alkyl or cyclic N) is 1. The van der Waals surface area contributed by atoms with Crippen LogP contribution in [-0.2, 0) is 20.0 Å². The summed E-state index contributed by atoms with van der Waals surface area (Å²) >= 11 is 0. The Morgan fingerprint density at radius 1 is 1.16 bits per heavy atom. The van der Waals surface area contributed by atoms with Crippen LogP contribution in [0, 0.1) is 0 Å². The third-order valence-electron chi connectivity index (χ3n) is 5.76. The van der Waals surface area contributed by atoms with E-state index in [0.29, 0.717) is 17.9 Å². The Balaban J connectivity index is 1.18. The average Bonchev–Trinajstić information content (AvgIpc) is 3.43. The Morgan fingerprint density at radius 3 is 2.81 bits per heavy atom. The van der Waals surface area contributed by atoms with Crippen molar-refractivity contribution in [2.24, 2.45) is 7.05 Å². The van der Waals surface area contributed by atoms with Crippen LogP contribution in [0.1, 0.15) is 21.6 Å². The fraction of sp³-hybridized carbons (Fsp3) is 0.304. The van der Waals surface area contributed by atoms with Crippen molar-refractivity contribution in [3.05, 3.63) is 71.8 Å². The molecule has 0 saturated carbocycles. The molecule has 4 heterocycles. The van der Waals surface area contributed by atoms with Crippen LogP contribution in [0.15, 0.2) is 55.0 Å². The molecule has 1 aliphatic rings. The molecule has 0 fully saturated rings. The fourth-order valence-corrected chi connectivity index (χ4v) is 4.11. The third kappa shape index (κ3) is 4.25. The number of carbonyl (C=O) groups excluding carboxylic acids is 1. The standard InChI is InChI=1S/C23H25N7O2/c1-28-14-20(26-27-28)18-6-7-22-25-21(15-30(22)12-18)23(32)24-10-19(31)13-29-9-8-16-4-2-3-5-17(16)11-29/h2-7,12,14-15,19,31H,8-11,13H2,1H3,(H,24,32). The second-order valence-corrected chi connectivity index (χ2v) is 8.20. The van der Waals surface area contributed by atoms with E-state index in [2.05, 4.69) is 43.7 Å². The zero-order valence-electron chi connectivity index (χ0n) is 17.8. The summed E-state index contributed by atoms with van der Waals surface area (Å²) in [5.41, 5.74) is 5.28. The molecule has 2 N–H and O–H groups in total. The lowest BCUT2D eigenvalue weighted by Gasteiger charge is -2.30. The minimum absolute atomic E-state index is 0.176. The number of carbonyl (C=O) groups is 1. The highest BCUT2D eigenvalue weighted by Crippen LogP contribution is 2.19. The molecule has 1 atom stereocenters. The number of nitrogens with one attached hydrogen (secondary N) is 1. The van der Waals surface area contributed by atoms with Gasteiger partial charge in [-0.1, -0.05) is 29.5 Å². The van der Waals surface area contributed by atoms with Crippen LogP contribution in [0.2, 0.25) is 0 Å². The van der Waals surface area contributed by atoms with Crippen LogP contribution < -0.4 is 5.32 Å². The molecule has 5 rings (SSSR count). The number of aromatic nitrogens is 5. The minimum atomic E-state index is -0.649. The molecule has 3 aromatic heterocycles. The number of amides is 1. The van der Waals surface area contributed by atoms with Gasteiger partial charge in [0.05, 0.1) is 12.3 Å². The van der Waals surface area contributed by atoms with E-state index in [1.54, 1.807) is 15.3 Å². The van der Waals surface area contributed by atoms with E-state index in [-0.39, 0.29) is 12.5 Å². The van der Waals surface area contributed by atoms with Gasteiger partial charge >= 0.3 is 0 Å². The van der Waals surface area contributed by atoms with Gasteiger partial charge in [0.25, 0.3) is 5.91 Å². The summed E-state index contributed by atoms with van der Waals surface area (Å²) < 4.78 is 3.43. The van der Waals surface area contributed by atoms with Crippen molar-refractivity contribution < 1.29 is 9.90 Å². The highest BCUT2D eigenvalue weighted by atomic mass is 16.3. The number of aliphatic hydroxyl groups is 1. The van der Waals surface area contributed by atoms with Crippen LogP contribution in [0.5, 0.6) is 0 Å². The maximum Gasteiger partial charge on any atom is 0.271 e. The van der Waals surface area contributed by atoms with E-state index in [1.165, 1.54) is 11.1 Å². The van der Waals surface area contributed by atoms with Crippen molar-refractivity contribution in [3.8, 4) is 11.3 Å². The average molecular weight is 432 g/mol. The van der Waals surface area contributed by atoms with Gasteiger partial charge in [-0.05, 0) is 29.7 Å². The Hall–Kier alpha value is -3.56. The molecule has 0 bridgehead atoms. The second kappa shape index (κ2) is 8.52. The topological polar surface area (TPSA) is 101 Å². The van der Waals surface area contributed by atoms with E-state index in [0.717, 1.165) is 30.8 Å². The largest absolute Gasteiger partial charge is 0.390 e. The molecule has 32 heavy (non-hydrogen) atoms. The summed E-state index contributed by atoms with van der Waals surface area (Å²) in [5.74, 6) is -0.308. The predicted molar refractivity (Wildman–Crippen MR) is 119 cm³/mol. The van der Waals surface area contributed by atoms with Crippen molar-refractivity contribution >= 4 is 11.6 Å². The molecule has 164 valence electrons. The maximum atomic E-state index is 12.6. The number of aryl methyl sites for hydroxylation is 1. The summed E-state index contributed by atoms with van der Waals surface area (Å²) in [4.78, 5) is 19.2. The number of hydrogen-bond acceptors (Lipinski definition) is 6. The van der Waals surface area contributed by atoms with Crippen LogP contribution in [0.3, 0.4) is 0 Å². The Labute approximate surface area is 185 Å². The quantitative estimate of drug-likeness (QED) is 0.477. The molecule has 1 amide bonds. The zero-order chi connectivity index (χ0) is 22.1. The summed E-state index contributed by atoms with van der Waals surface area (Å²) in [6, 6.07) is 12.1. The molecule has 1 aliphatic heterocycles. The number of imidazole rings is 1. The second-order valence-electron chi connectivity index (χ2n) is 8.20. The summed E-state index contributed by atoms with van der Waals surface area (Å²) in [7, 11) is 1.81. The first-order valence-corrected chi connectivity index (χ1v) is 10.7. The molecule has 9 heteroatoms. The van der Waals surface area contributed by atoms with E-state index in [9.17, 15) is 9.90 Å². The number of rotatable bonds is 6. The maximum absolute atomic E-state index is 12.6. The lowest BCUT2D eigenvalue weighted by atomic mass is 10.00. The van der Waals surface area contributed by atoms with E-state index in [1.807, 2.05) is 37.6 Å². The lowest BCUT2D eigenvalue weighted by molar-refractivity contribution is 0.0838. The molecular formula is C23H25N7O2. The number of pyridine rings is 1. The Kier molecular flexibility index (Phi) is 5.42. The molecular weight excluding hydrogens is 406 g/mol. The van der Waals surface area contributed by atoms with Gasteiger partial charge in [-0.3, -0.25) is 14.4 Å². The summed E-state index contributed by atoms with van der Waals surface area (Å²) in [6.07, 6.45) is 5.70. The number of hydrogen-bond donors (Lipinski definition) is 2. The summed E-state index contributed by atoms with van der Waals surface area (Å²) in [5, 5.41) is 21.3. The van der Waals surface area contributed by atoms with E-state index in [4.69, 9.17) is 0 Å². The van der Waals surface area contributed by atoms with Gasteiger partial charge in [-0.2, -0.15) is 0 Å². The predicted octanol–water partition coefficient (Wildman–Crippen LogP) is 1.28. The van der Waals surface area contributed by atoms with Crippen LogP contribution in [-0.4, -0.2) is 66.0 Å². The lowest BCUT2D eigenvalue weighted by Crippen LogP contribution is -2.42. The minimum Gasteiger partial charge on any atom is -0.390 e. The van der Waals surface area contributed by atoms with Gasteiger partial charge in [-0.15, -0.1) is 5.10 Å². The van der Waals surface area contributed by atoms with Crippen LogP contribution in [0.4, 0.5) is 0 Å². The number of nitrogens with zero attached hydrogens (tertiary/aromatic N) is 6. The van der Waals surface area contributed by atoms with Gasteiger partial charge in [0.1, 0.15) is 17.0 Å². The first-order chi connectivity index (χ1) is 15.5. The summed E-state index contributed by atoms with van der Waals surface area (Å²) in [6.45, 7) is 2.42. The van der Waals surface area contributed by atoms with Crippen molar-refractivity contribution in [2.45, 2.75) is 19.1 Å². The molecule has 4 aromatic rings. The first kappa shape index (κ1) is 20.3. The van der Waals surface area contributed by atoms with Crippen LogP contribution >= 0.6 is 0 Å². The van der Waals surface area contributed by atoms with Crippen molar-refractivity contribution in [2.75, 3.05) is 19.6 Å². The van der Waals surface area contributed by atoms with Gasteiger partial charge < -0.3 is 14.8 Å². The molecule has 0 radical (unpaired) electrons. The monoisotopic (exact) mass is 431 g/mol. The fourth-order valence-electron chi connectivity index (χ4n) is 4.11. The van der Waals surface area contributed by atoms with E-state index < -0.39 is 6.10 Å². The number of benzene rings is 1. The van der Waals surface area contributed by atoms with Crippen molar-refractivity contribution in [1.82, 2.24) is 34.6 Å². The molecule has 9 nitrogen and oxygen atoms in total. The first-order valence-electron chi connectivity index (χ1n) is 10.7. The Bertz CT molecular complexity index is 1260. The van der Waals surface area contributed by atoms with Crippen molar-refractivity contribution in [1.29, 1.82) is 0 Å². The van der Waals surface area contributed by atoms with Gasteiger partial charge in [0.2, 0.25) is 0 Å².